The highest BCUT2D eigenvalue weighted by Crippen LogP contribution is 2.10. The van der Waals surface area contributed by atoms with Crippen molar-refractivity contribution in [3.63, 3.8) is 0 Å². The fraction of sp³-hybridized carbons (Fsp3) is 0.625. The summed E-state index contributed by atoms with van der Waals surface area (Å²) in [7, 11) is 0. The SMILES string of the molecule is Clc1ccc(CNCCCCCN2CCCC2)cc1. The number of likely N-dealkylation sites (tertiary alicyclic amines) is 1. The first-order valence-electron chi connectivity index (χ1n) is 7.52. The van der Waals surface area contributed by atoms with Gasteiger partial charge >= 0.3 is 0 Å². The second kappa shape index (κ2) is 8.57. The highest BCUT2D eigenvalue weighted by Gasteiger charge is 2.09. The Morgan fingerprint density at radius 1 is 1.00 bits per heavy atom. The zero-order valence-electron chi connectivity index (χ0n) is 11.7. The van der Waals surface area contributed by atoms with E-state index in [4.69, 9.17) is 11.6 Å². The minimum Gasteiger partial charge on any atom is -0.313 e. The quantitative estimate of drug-likeness (QED) is 0.731. The molecule has 0 atom stereocenters. The molecule has 1 aliphatic rings. The van der Waals surface area contributed by atoms with Gasteiger partial charge in [0.05, 0.1) is 0 Å². The van der Waals surface area contributed by atoms with Gasteiger partial charge in [-0.2, -0.15) is 0 Å². The lowest BCUT2D eigenvalue weighted by molar-refractivity contribution is 0.328. The van der Waals surface area contributed by atoms with E-state index < -0.39 is 0 Å². The van der Waals surface area contributed by atoms with E-state index in [1.165, 1.54) is 57.3 Å². The molecule has 1 fully saturated rings. The van der Waals surface area contributed by atoms with Crippen molar-refractivity contribution in [2.75, 3.05) is 26.2 Å². The van der Waals surface area contributed by atoms with Crippen molar-refractivity contribution in [3.05, 3.63) is 34.9 Å². The lowest BCUT2D eigenvalue weighted by atomic mass is 10.2. The summed E-state index contributed by atoms with van der Waals surface area (Å²) in [5.74, 6) is 0. The smallest absolute Gasteiger partial charge is 0.0406 e. The van der Waals surface area contributed by atoms with E-state index in [9.17, 15) is 0 Å². The van der Waals surface area contributed by atoms with Crippen LogP contribution in [0.15, 0.2) is 24.3 Å². The van der Waals surface area contributed by atoms with Crippen LogP contribution in [0.25, 0.3) is 0 Å². The van der Waals surface area contributed by atoms with Crippen molar-refractivity contribution in [2.24, 2.45) is 0 Å². The van der Waals surface area contributed by atoms with Crippen LogP contribution in [0.5, 0.6) is 0 Å². The van der Waals surface area contributed by atoms with Crippen LogP contribution in [0.3, 0.4) is 0 Å². The Hall–Kier alpha value is -0.570. The van der Waals surface area contributed by atoms with Gasteiger partial charge in [0.1, 0.15) is 0 Å². The monoisotopic (exact) mass is 280 g/mol. The second-order valence-electron chi connectivity index (χ2n) is 5.41. The minimum atomic E-state index is 0.811. The summed E-state index contributed by atoms with van der Waals surface area (Å²) in [5, 5.41) is 4.30. The van der Waals surface area contributed by atoms with Gasteiger partial charge in [-0.05, 0) is 69.6 Å². The van der Waals surface area contributed by atoms with Gasteiger partial charge in [-0.15, -0.1) is 0 Å². The molecule has 0 saturated carbocycles. The summed E-state index contributed by atoms with van der Waals surface area (Å²) >= 11 is 5.86. The summed E-state index contributed by atoms with van der Waals surface area (Å²) in [6.45, 7) is 6.02. The Bertz CT molecular complexity index is 344. The molecule has 3 heteroatoms. The van der Waals surface area contributed by atoms with Crippen molar-refractivity contribution >= 4 is 11.6 Å². The van der Waals surface area contributed by atoms with Crippen LogP contribution in [0.1, 0.15) is 37.7 Å². The van der Waals surface area contributed by atoms with Crippen LogP contribution in [0, 0.1) is 0 Å². The van der Waals surface area contributed by atoms with Crippen molar-refractivity contribution in [1.29, 1.82) is 0 Å². The first-order valence-corrected chi connectivity index (χ1v) is 7.90. The van der Waals surface area contributed by atoms with Crippen molar-refractivity contribution in [2.45, 2.75) is 38.6 Å². The Labute approximate surface area is 122 Å². The number of halogens is 1. The third-order valence-electron chi connectivity index (χ3n) is 3.77. The highest BCUT2D eigenvalue weighted by atomic mass is 35.5. The lowest BCUT2D eigenvalue weighted by Crippen LogP contribution is -2.20. The third kappa shape index (κ3) is 5.94. The van der Waals surface area contributed by atoms with Crippen LogP contribution in [-0.2, 0) is 6.54 Å². The predicted octanol–water partition coefficient (Wildman–Crippen LogP) is 3.70. The molecular weight excluding hydrogens is 256 g/mol. The number of hydrogen-bond acceptors (Lipinski definition) is 2. The largest absolute Gasteiger partial charge is 0.313 e. The summed E-state index contributed by atoms with van der Waals surface area (Å²) in [5.41, 5.74) is 1.31. The fourth-order valence-electron chi connectivity index (χ4n) is 2.60. The Kier molecular flexibility index (Phi) is 6.69. The maximum atomic E-state index is 5.86. The molecule has 0 spiro atoms. The first kappa shape index (κ1) is 14.8. The first-order chi connectivity index (χ1) is 9.34. The molecular formula is C16H25ClN2. The van der Waals surface area contributed by atoms with Gasteiger partial charge < -0.3 is 10.2 Å². The van der Waals surface area contributed by atoms with E-state index in [2.05, 4.69) is 22.3 Å². The number of unbranched alkanes of at least 4 members (excludes halogenated alkanes) is 2. The average molecular weight is 281 g/mol. The number of rotatable bonds is 8. The van der Waals surface area contributed by atoms with Gasteiger partial charge in [0.2, 0.25) is 0 Å². The minimum absolute atomic E-state index is 0.811. The van der Waals surface area contributed by atoms with Crippen LogP contribution < -0.4 is 5.32 Å². The summed E-state index contributed by atoms with van der Waals surface area (Å²) in [6.07, 6.45) is 6.78. The van der Waals surface area contributed by atoms with E-state index in [1.54, 1.807) is 0 Å². The normalized spacial score (nSPS) is 16.1. The van der Waals surface area contributed by atoms with Crippen LogP contribution >= 0.6 is 11.6 Å². The van der Waals surface area contributed by atoms with Gasteiger partial charge in [0, 0.05) is 11.6 Å². The fourth-order valence-corrected chi connectivity index (χ4v) is 2.73. The zero-order chi connectivity index (χ0) is 13.3. The molecule has 0 aromatic heterocycles. The zero-order valence-corrected chi connectivity index (χ0v) is 12.5. The molecule has 2 nitrogen and oxygen atoms in total. The van der Waals surface area contributed by atoms with E-state index >= 15 is 0 Å². The molecule has 0 unspecified atom stereocenters. The summed E-state index contributed by atoms with van der Waals surface area (Å²) in [4.78, 5) is 2.60. The van der Waals surface area contributed by atoms with E-state index in [-0.39, 0.29) is 0 Å². The number of hydrogen-bond donors (Lipinski definition) is 1. The summed E-state index contributed by atoms with van der Waals surface area (Å²) < 4.78 is 0. The Balaban J connectivity index is 1.44. The molecule has 1 aliphatic heterocycles. The molecule has 19 heavy (non-hydrogen) atoms. The molecule has 2 rings (SSSR count). The Morgan fingerprint density at radius 2 is 1.74 bits per heavy atom. The van der Waals surface area contributed by atoms with Crippen LogP contribution in [0.4, 0.5) is 0 Å². The van der Waals surface area contributed by atoms with Gasteiger partial charge in [-0.3, -0.25) is 0 Å². The molecule has 1 saturated heterocycles. The molecule has 0 radical (unpaired) electrons. The van der Waals surface area contributed by atoms with Crippen LogP contribution in [-0.4, -0.2) is 31.1 Å². The van der Waals surface area contributed by atoms with E-state index in [0.717, 1.165) is 18.1 Å². The molecule has 0 amide bonds. The highest BCUT2D eigenvalue weighted by molar-refractivity contribution is 6.30. The van der Waals surface area contributed by atoms with Gasteiger partial charge in [0.15, 0.2) is 0 Å². The maximum Gasteiger partial charge on any atom is 0.0406 e. The van der Waals surface area contributed by atoms with Gasteiger partial charge in [-0.25, -0.2) is 0 Å². The Morgan fingerprint density at radius 3 is 2.47 bits per heavy atom. The molecule has 0 aliphatic carbocycles. The van der Waals surface area contributed by atoms with Crippen molar-refractivity contribution in [1.82, 2.24) is 10.2 Å². The molecule has 1 heterocycles. The number of nitrogens with zero attached hydrogens (tertiary/aromatic N) is 1. The van der Waals surface area contributed by atoms with Crippen molar-refractivity contribution in [3.8, 4) is 0 Å². The van der Waals surface area contributed by atoms with Gasteiger partial charge in [-0.1, -0.05) is 30.2 Å². The van der Waals surface area contributed by atoms with E-state index in [0.29, 0.717) is 0 Å². The second-order valence-corrected chi connectivity index (χ2v) is 5.85. The topological polar surface area (TPSA) is 15.3 Å². The molecule has 1 aromatic carbocycles. The maximum absolute atomic E-state index is 5.86. The van der Waals surface area contributed by atoms with Crippen LogP contribution in [0.2, 0.25) is 5.02 Å². The number of nitrogens with one attached hydrogen (secondary N) is 1. The molecule has 0 bridgehead atoms. The standard InChI is InChI=1S/C16H25ClN2/c17-16-8-6-15(7-9-16)14-18-10-2-1-3-11-19-12-4-5-13-19/h6-9,18H,1-5,10-14H2. The molecule has 1 aromatic rings. The van der Waals surface area contributed by atoms with E-state index in [1.807, 2.05) is 12.1 Å². The predicted molar refractivity (Wildman–Crippen MR) is 82.7 cm³/mol. The number of benzene rings is 1. The third-order valence-corrected chi connectivity index (χ3v) is 4.02. The van der Waals surface area contributed by atoms with Gasteiger partial charge in [0.25, 0.3) is 0 Å². The molecule has 106 valence electrons. The summed E-state index contributed by atoms with van der Waals surface area (Å²) in [6, 6.07) is 8.08. The molecule has 1 N–H and O–H groups in total. The lowest BCUT2D eigenvalue weighted by Gasteiger charge is -2.13. The van der Waals surface area contributed by atoms with Crippen molar-refractivity contribution < 1.29 is 0 Å². The average Bonchev–Trinajstić information content (AvgIpc) is 2.93.